The number of halogens is 3. The monoisotopic (exact) mass is 367 g/mol. The van der Waals surface area contributed by atoms with E-state index >= 15 is 0 Å². The second-order valence-corrected chi connectivity index (χ2v) is 5.43. The van der Waals surface area contributed by atoms with Gasteiger partial charge in [-0.05, 0) is 35.9 Å². The lowest BCUT2D eigenvalue weighted by molar-refractivity contribution is -0.142. The predicted octanol–water partition coefficient (Wildman–Crippen LogP) is 4.33. The summed E-state index contributed by atoms with van der Waals surface area (Å²) in [4.78, 5) is 23.3. The van der Waals surface area contributed by atoms with Gasteiger partial charge in [0, 0.05) is 6.08 Å². The Morgan fingerprint density at radius 1 is 1.12 bits per heavy atom. The van der Waals surface area contributed by atoms with E-state index < -0.39 is 18.5 Å². The van der Waals surface area contributed by atoms with E-state index in [1.54, 1.807) is 18.2 Å². The molecule has 0 spiro atoms. The van der Waals surface area contributed by atoms with E-state index in [0.717, 1.165) is 6.08 Å². The van der Waals surface area contributed by atoms with Crippen LogP contribution in [0.2, 0.25) is 10.0 Å². The maximum atomic E-state index is 12.7. The van der Waals surface area contributed by atoms with Gasteiger partial charge in [0.1, 0.15) is 5.82 Å². The lowest BCUT2D eigenvalue weighted by Crippen LogP contribution is -2.20. The van der Waals surface area contributed by atoms with Crippen molar-refractivity contribution in [2.45, 2.75) is 0 Å². The van der Waals surface area contributed by atoms with Crippen molar-refractivity contribution in [3.05, 3.63) is 70.0 Å². The maximum Gasteiger partial charge on any atom is 0.331 e. The summed E-state index contributed by atoms with van der Waals surface area (Å²) >= 11 is 11.8. The van der Waals surface area contributed by atoms with Crippen LogP contribution in [0.5, 0.6) is 0 Å². The molecule has 124 valence electrons. The number of hydrogen-bond donors (Lipinski definition) is 1. The van der Waals surface area contributed by atoms with Crippen LogP contribution in [0.3, 0.4) is 0 Å². The highest BCUT2D eigenvalue weighted by Crippen LogP contribution is 2.29. The molecule has 4 nitrogen and oxygen atoms in total. The second kappa shape index (κ2) is 8.47. The van der Waals surface area contributed by atoms with E-state index in [9.17, 15) is 14.0 Å². The first-order valence-corrected chi connectivity index (χ1v) is 7.55. The van der Waals surface area contributed by atoms with Crippen LogP contribution in [0.1, 0.15) is 5.56 Å². The van der Waals surface area contributed by atoms with Crippen LogP contribution in [-0.2, 0) is 14.3 Å². The third-order valence-electron chi connectivity index (χ3n) is 2.85. The first kappa shape index (κ1) is 18.0. The number of carbonyl (C=O) groups is 2. The summed E-state index contributed by atoms with van der Waals surface area (Å²) in [6.45, 7) is -0.477. The number of rotatable bonds is 5. The zero-order valence-corrected chi connectivity index (χ0v) is 13.8. The van der Waals surface area contributed by atoms with E-state index in [-0.39, 0.29) is 10.8 Å². The number of esters is 1. The lowest BCUT2D eigenvalue weighted by Gasteiger charge is -2.08. The average molecular weight is 368 g/mol. The van der Waals surface area contributed by atoms with Crippen molar-refractivity contribution in [1.29, 1.82) is 0 Å². The van der Waals surface area contributed by atoms with E-state index in [4.69, 9.17) is 27.9 Å². The van der Waals surface area contributed by atoms with Gasteiger partial charge in [-0.1, -0.05) is 41.4 Å². The van der Waals surface area contributed by atoms with E-state index in [1.807, 2.05) is 0 Å². The Balaban J connectivity index is 1.84. The summed E-state index contributed by atoms with van der Waals surface area (Å²) in [5, 5.41) is 2.99. The summed E-state index contributed by atoms with van der Waals surface area (Å²) < 4.78 is 17.6. The molecule has 2 rings (SSSR count). The molecule has 0 atom stereocenters. The van der Waals surface area contributed by atoms with Gasteiger partial charge in [0.15, 0.2) is 6.61 Å². The second-order valence-electron chi connectivity index (χ2n) is 4.64. The average Bonchev–Trinajstić information content (AvgIpc) is 2.56. The van der Waals surface area contributed by atoms with Crippen LogP contribution in [-0.4, -0.2) is 18.5 Å². The Morgan fingerprint density at radius 3 is 2.54 bits per heavy atom. The molecule has 1 N–H and O–H groups in total. The first-order chi connectivity index (χ1) is 11.5. The highest BCUT2D eigenvalue weighted by molar-refractivity contribution is 6.44. The van der Waals surface area contributed by atoms with Crippen molar-refractivity contribution >= 4 is 46.8 Å². The number of nitrogens with one attached hydrogen (secondary N) is 1. The molecule has 0 bridgehead atoms. The molecule has 7 heteroatoms. The fourth-order valence-electron chi connectivity index (χ4n) is 1.71. The third-order valence-corrected chi connectivity index (χ3v) is 3.67. The van der Waals surface area contributed by atoms with Gasteiger partial charge >= 0.3 is 5.97 Å². The molecule has 0 radical (unpaired) electrons. The van der Waals surface area contributed by atoms with Crippen LogP contribution in [0, 0.1) is 5.82 Å². The number of benzene rings is 2. The van der Waals surface area contributed by atoms with Crippen molar-refractivity contribution in [3.63, 3.8) is 0 Å². The molecule has 0 saturated carbocycles. The lowest BCUT2D eigenvalue weighted by atomic mass is 10.2. The zero-order chi connectivity index (χ0) is 17.5. The van der Waals surface area contributed by atoms with E-state index in [1.165, 1.54) is 30.3 Å². The minimum Gasteiger partial charge on any atom is -0.452 e. The summed E-state index contributed by atoms with van der Waals surface area (Å²) in [6, 6.07) is 10.3. The van der Waals surface area contributed by atoms with Crippen molar-refractivity contribution in [2.75, 3.05) is 11.9 Å². The number of amides is 1. The molecule has 0 aliphatic rings. The summed E-state index contributed by atoms with van der Waals surface area (Å²) in [5.74, 6) is -1.62. The van der Waals surface area contributed by atoms with E-state index in [0.29, 0.717) is 16.3 Å². The summed E-state index contributed by atoms with van der Waals surface area (Å²) in [7, 11) is 0. The van der Waals surface area contributed by atoms with Gasteiger partial charge in [0.2, 0.25) is 0 Å². The van der Waals surface area contributed by atoms with Gasteiger partial charge in [-0.15, -0.1) is 0 Å². The number of carbonyl (C=O) groups excluding carboxylic acids is 2. The van der Waals surface area contributed by atoms with Crippen LogP contribution in [0.15, 0.2) is 48.5 Å². The first-order valence-electron chi connectivity index (χ1n) is 6.80. The minimum absolute atomic E-state index is 0.204. The van der Waals surface area contributed by atoms with Crippen LogP contribution in [0.4, 0.5) is 10.1 Å². The smallest absolute Gasteiger partial charge is 0.331 e. The van der Waals surface area contributed by atoms with Crippen LogP contribution in [0.25, 0.3) is 6.08 Å². The molecule has 2 aromatic rings. The third kappa shape index (κ3) is 5.37. The SMILES string of the molecule is O=C(COC(=O)/C=C/c1ccc(F)cc1)Nc1cccc(Cl)c1Cl. The Hall–Kier alpha value is -2.37. The van der Waals surface area contributed by atoms with Gasteiger partial charge in [0.05, 0.1) is 15.7 Å². The topological polar surface area (TPSA) is 55.4 Å². The molecule has 0 unspecified atom stereocenters. The van der Waals surface area contributed by atoms with Crippen molar-refractivity contribution in [3.8, 4) is 0 Å². The fourth-order valence-corrected chi connectivity index (χ4v) is 2.06. The highest BCUT2D eigenvalue weighted by atomic mass is 35.5. The largest absolute Gasteiger partial charge is 0.452 e. The Labute approximate surface area is 147 Å². The number of anilines is 1. The number of hydrogen-bond acceptors (Lipinski definition) is 3. The molecule has 0 aliphatic heterocycles. The van der Waals surface area contributed by atoms with Gasteiger partial charge in [-0.3, -0.25) is 4.79 Å². The Bertz CT molecular complexity index is 776. The van der Waals surface area contributed by atoms with Crippen LogP contribution >= 0.6 is 23.2 Å². The van der Waals surface area contributed by atoms with Crippen molar-refractivity contribution in [2.24, 2.45) is 0 Å². The van der Waals surface area contributed by atoms with Gasteiger partial charge in [-0.25, -0.2) is 9.18 Å². The fraction of sp³-hybridized carbons (Fsp3) is 0.0588. The highest BCUT2D eigenvalue weighted by Gasteiger charge is 2.09. The molecule has 24 heavy (non-hydrogen) atoms. The number of ether oxygens (including phenoxy) is 1. The molecule has 0 aromatic heterocycles. The van der Waals surface area contributed by atoms with Crippen molar-refractivity contribution < 1.29 is 18.7 Å². The van der Waals surface area contributed by atoms with Crippen LogP contribution < -0.4 is 5.32 Å². The Kier molecular flexibility index (Phi) is 6.35. The normalized spacial score (nSPS) is 10.6. The zero-order valence-electron chi connectivity index (χ0n) is 12.3. The molecule has 0 saturated heterocycles. The molecule has 0 fully saturated rings. The quantitative estimate of drug-likeness (QED) is 0.632. The molecular weight excluding hydrogens is 356 g/mol. The summed E-state index contributed by atoms with van der Waals surface area (Å²) in [6.07, 6.45) is 2.60. The molecule has 0 heterocycles. The maximum absolute atomic E-state index is 12.7. The van der Waals surface area contributed by atoms with Crippen molar-refractivity contribution in [1.82, 2.24) is 0 Å². The Morgan fingerprint density at radius 2 is 1.83 bits per heavy atom. The summed E-state index contributed by atoms with van der Waals surface area (Å²) in [5.41, 5.74) is 0.954. The molecule has 1 amide bonds. The van der Waals surface area contributed by atoms with Gasteiger partial charge in [-0.2, -0.15) is 0 Å². The minimum atomic E-state index is -0.702. The van der Waals surface area contributed by atoms with Gasteiger partial charge in [0.25, 0.3) is 5.91 Å². The predicted molar refractivity (Wildman–Crippen MR) is 91.5 cm³/mol. The molecular formula is C17H12Cl2FNO3. The van der Waals surface area contributed by atoms with Gasteiger partial charge < -0.3 is 10.1 Å². The van der Waals surface area contributed by atoms with E-state index in [2.05, 4.69) is 5.32 Å². The molecule has 2 aromatic carbocycles. The standard InChI is InChI=1S/C17H12Cl2FNO3/c18-13-2-1-3-14(17(13)19)21-15(22)10-24-16(23)9-6-11-4-7-12(20)8-5-11/h1-9H,10H2,(H,21,22)/b9-6+. The molecule has 0 aliphatic carbocycles.